The van der Waals surface area contributed by atoms with E-state index in [0.717, 1.165) is 70.1 Å². The molecule has 1 saturated carbocycles. The zero-order chi connectivity index (χ0) is 18.7. The summed E-state index contributed by atoms with van der Waals surface area (Å²) in [5.41, 5.74) is 5.38. The molecule has 8 nitrogen and oxygen atoms in total. The summed E-state index contributed by atoms with van der Waals surface area (Å²) < 4.78 is 7.50. The Labute approximate surface area is 156 Å². The SMILES string of the molecule is COCCn1c(CN2CCC(O)(CN(C)C)CC2)nnc1C1CC(N)C1. The van der Waals surface area contributed by atoms with Crippen LogP contribution in [-0.4, -0.2) is 88.8 Å². The quantitative estimate of drug-likeness (QED) is 0.670. The first-order valence-electron chi connectivity index (χ1n) is 9.66. The van der Waals surface area contributed by atoms with E-state index >= 15 is 0 Å². The van der Waals surface area contributed by atoms with Crippen LogP contribution in [0.25, 0.3) is 0 Å². The summed E-state index contributed by atoms with van der Waals surface area (Å²) in [6.45, 7) is 4.68. The van der Waals surface area contributed by atoms with Crippen molar-refractivity contribution in [1.29, 1.82) is 0 Å². The van der Waals surface area contributed by atoms with Gasteiger partial charge in [0.25, 0.3) is 0 Å². The first-order valence-corrected chi connectivity index (χ1v) is 9.66. The van der Waals surface area contributed by atoms with Gasteiger partial charge in [-0.25, -0.2) is 0 Å². The van der Waals surface area contributed by atoms with Crippen molar-refractivity contribution in [3.63, 3.8) is 0 Å². The fraction of sp³-hybridized carbons (Fsp3) is 0.889. The molecule has 0 atom stereocenters. The van der Waals surface area contributed by atoms with Crippen LogP contribution >= 0.6 is 0 Å². The lowest BCUT2D eigenvalue weighted by Gasteiger charge is -2.39. The highest BCUT2D eigenvalue weighted by molar-refractivity contribution is 5.09. The van der Waals surface area contributed by atoms with Crippen molar-refractivity contribution in [3.8, 4) is 0 Å². The number of hydrogen-bond donors (Lipinski definition) is 2. The lowest BCUT2D eigenvalue weighted by Crippen LogP contribution is -2.49. The fourth-order valence-electron chi connectivity index (χ4n) is 4.14. The monoisotopic (exact) mass is 366 g/mol. The second-order valence-electron chi connectivity index (χ2n) is 8.29. The Morgan fingerprint density at radius 2 is 1.96 bits per heavy atom. The molecule has 2 aliphatic rings. The van der Waals surface area contributed by atoms with E-state index in [0.29, 0.717) is 18.6 Å². The number of aliphatic hydroxyl groups is 1. The van der Waals surface area contributed by atoms with E-state index in [4.69, 9.17) is 10.5 Å². The van der Waals surface area contributed by atoms with Crippen LogP contribution in [0.2, 0.25) is 0 Å². The summed E-state index contributed by atoms with van der Waals surface area (Å²) in [6, 6.07) is 0.299. The molecule has 2 heterocycles. The Morgan fingerprint density at radius 3 is 2.54 bits per heavy atom. The van der Waals surface area contributed by atoms with E-state index in [9.17, 15) is 5.11 Å². The fourth-order valence-corrected chi connectivity index (χ4v) is 4.14. The molecule has 1 aromatic rings. The summed E-state index contributed by atoms with van der Waals surface area (Å²) in [6.07, 6.45) is 3.57. The number of aromatic nitrogens is 3. The maximum atomic E-state index is 10.7. The molecular formula is C18H34N6O2. The van der Waals surface area contributed by atoms with Gasteiger partial charge in [0.15, 0.2) is 0 Å². The number of ether oxygens (including phenoxy) is 1. The number of likely N-dealkylation sites (tertiary alicyclic amines) is 1. The van der Waals surface area contributed by atoms with Crippen molar-refractivity contribution >= 4 is 0 Å². The lowest BCUT2D eigenvalue weighted by atomic mass is 9.80. The molecule has 0 spiro atoms. The highest BCUT2D eigenvalue weighted by Gasteiger charge is 2.35. The average molecular weight is 367 g/mol. The van der Waals surface area contributed by atoms with E-state index < -0.39 is 5.60 Å². The van der Waals surface area contributed by atoms with Crippen LogP contribution in [0.3, 0.4) is 0 Å². The molecule has 3 N–H and O–H groups in total. The van der Waals surface area contributed by atoms with E-state index in [1.54, 1.807) is 7.11 Å². The largest absolute Gasteiger partial charge is 0.388 e. The summed E-state index contributed by atoms with van der Waals surface area (Å²) >= 11 is 0. The highest BCUT2D eigenvalue weighted by atomic mass is 16.5. The van der Waals surface area contributed by atoms with Crippen LogP contribution in [0, 0.1) is 0 Å². The van der Waals surface area contributed by atoms with Crippen LogP contribution in [0.5, 0.6) is 0 Å². The summed E-state index contributed by atoms with van der Waals surface area (Å²) in [4.78, 5) is 4.43. The molecule has 0 aromatic carbocycles. The maximum absolute atomic E-state index is 10.7. The molecule has 0 unspecified atom stereocenters. The molecule has 3 rings (SSSR count). The number of piperidine rings is 1. The Balaban J connectivity index is 1.62. The van der Waals surface area contributed by atoms with E-state index in [-0.39, 0.29) is 0 Å². The van der Waals surface area contributed by atoms with Crippen molar-refractivity contribution < 1.29 is 9.84 Å². The van der Waals surface area contributed by atoms with Gasteiger partial charge in [0, 0.05) is 45.2 Å². The standard InChI is InChI=1S/C18H34N6O2/c1-22(2)13-18(25)4-6-23(7-5-18)12-16-20-21-17(14-10-15(19)11-14)24(16)8-9-26-3/h14-15,25H,4-13,19H2,1-3H3. The Bertz CT molecular complexity index is 576. The minimum atomic E-state index is -0.572. The van der Waals surface area contributed by atoms with Crippen LogP contribution in [0.4, 0.5) is 0 Å². The first kappa shape index (κ1) is 19.7. The van der Waals surface area contributed by atoms with E-state index in [1.165, 1.54) is 0 Å². The lowest BCUT2D eigenvalue weighted by molar-refractivity contribution is -0.0394. The van der Waals surface area contributed by atoms with Crippen molar-refractivity contribution in [3.05, 3.63) is 11.6 Å². The van der Waals surface area contributed by atoms with Crippen LogP contribution in [0.15, 0.2) is 0 Å². The van der Waals surface area contributed by atoms with Crippen molar-refractivity contribution in [2.24, 2.45) is 5.73 Å². The zero-order valence-corrected chi connectivity index (χ0v) is 16.4. The molecule has 0 bridgehead atoms. The highest BCUT2D eigenvalue weighted by Crippen LogP contribution is 2.35. The van der Waals surface area contributed by atoms with E-state index in [2.05, 4.69) is 24.6 Å². The van der Waals surface area contributed by atoms with Gasteiger partial charge < -0.3 is 25.0 Å². The predicted octanol–water partition coefficient (Wildman–Crippen LogP) is 0.0177. The zero-order valence-electron chi connectivity index (χ0n) is 16.4. The van der Waals surface area contributed by atoms with Gasteiger partial charge in [-0.05, 0) is 39.8 Å². The number of methoxy groups -OCH3 is 1. The molecule has 1 aromatic heterocycles. The second kappa shape index (κ2) is 8.31. The molecule has 2 fully saturated rings. The third-order valence-electron chi connectivity index (χ3n) is 5.68. The van der Waals surface area contributed by atoms with Gasteiger partial charge in [0.1, 0.15) is 11.6 Å². The number of rotatable bonds is 8. The van der Waals surface area contributed by atoms with Gasteiger partial charge >= 0.3 is 0 Å². The number of nitrogens with two attached hydrogens (primary N) is 1. The third-order valence-corrected chi connectivity index (χ3v) is 5.68. The third kappa shape index (κ3) is 4.61. The molecule has 8 heteroatoms. The van der Waals surface area contributed by atoms with Crippen LogP contribution in [0.1, 0.15) is 43.3 Å². The van der Waals surface area contributed by atoms with E-state index in [1.807, 2.05) is 14.1 Å². The molecule has 1 aliphatic heterocycles. The molecule has 1 aliphatic carbocycles. The van der Waals surface area contributed by atoms with Gasteiger partial charge in [-0.2, -0.15) is 0 Å². The van der Waals surface area contributed by atoms with Crippen LogP contribution in [-0.2, 0) is 17.8 Å². The molecule has 148 valence electrons. The maximum Gasteiger partial charge on any atom is 0.147 e. The molecule has 26 heavy (non-hydrogen) atoms. The minimum absolute atomic E-state index is 0.299. The second-order valence-corrected chi connectivity index (χ2v) is 8.29. The average Bonchev–Trinajstić information content (AvgIpc) is 2.93. The van der Waals surface area contributed by atoms with Crippen molar-refractivity contribution in [1.82, 2.24) is 24.6 Å². The smallest absolute Gasteiger partial charge is 0.147 e. The van der Waals surface area contributed by atoms with Crippen molar-refractivity contribution in [2.75, 3.05) is 47.4 Å². The summed E-state index contributed by atoms with van der Waals surface area (Å²) in [5.74, 6) is 2.48. The van der Waals surface area contributed by atoms with Gasteiger partial charge in [0.05, 0.1) is 18.8 Å². The predicted molar refractivity (Wildman–Crippen MR) is 99.9 cm³/mol. The summed E-state index contributed by atoms with van der Waals surface area (Å²) in [5, 5.41) is 19.7. The van der Waals surface area contributed by atoms with Gasteiger partial charge in [-0.3, -0.25) is 4.90 Å². The summed E-state index contributed by atoms with van der Waals surface area (Å²) in [7, 11) is 5.74. The molecular weight excluding hydrogens is 332 g/mol. The number of nitrogens with zero attached hydrogens (tertiary/aromatic N) is 5. The van der Waals surface area contributed by atoms with Crippen LogP contribution < -0.4 is 5.73 Å². The van der Waals surface area contributed by atoms with Gasteiger partial charge in [0.2, 0.25) is 0 Å². The van der Waals surface area contributed by atoms with Crippen molar-refractivity contribution in [2.45, 2.75) is 56.3 Å². The molecule has 0 radical (unpaired) electrons. The Kier molecular flexibility index (Phi) is 6.29. The Morgan fingerprint density at radius 1 is 1.27 bits per heavy atom. The minimum Gasteiger partial charge on any atom is -0.388 e. The Hall–Kier alpha value is -1.06. The first-order chi connectivity index (χ1) is 12.4. The molecule has 1 saturated heterocycles. The number of likely N-dealkylation sites (N-methyl/N-ethyl adjacent to an activating group) is 1. The number of hydrogen-bond acceptors (Lipinski definition) is 7. The van der Waals surface area contributed by atoms with Gasteiger partial charge in [-0.15, -0.1) is 10.2 Å². The molecule has 0 amide bonds. The normalized spacial score (nSPS) is 26.2. The van der Waals surface area contributed by atoms with Gasteiger partial charge in [-0.1, -0.05) is 0 Å². The topological polar surface area (TPSA) is 92.7 Å².